The summed E-state index contributed by atoms with van der Waals surface area (Å²) in [5.41, 5.74) is 8.35. The first-order valence-electron chi connectivity index (χ1n) is 7.20. The highest BCUT2D eigenvalue weighted by atomic mass is 15.3. The first-order chi connectivity index (χ1) is 8.74. The summed E-state index contributed by atoms with van der Waals surface area (Å²) in [6.07, 6.45) is 8.62. The molecule has 0 bridgehead atoms. The fourth-order valence-electron chi connectivity index (χ4n) is 2.68. The van der Waals surface area contributed by atoms with Crippen molar-refractivity contribution >= 4 is 0 Å². The van der Waals surface area contributed by atoms with Crippen LogP contribution in [0, 0.1) is 5.92 Å². The number of nitrogens with one attached hydrogen (secondary N) is 1. The second kappa shape index (κ2) is 6.34. The molecule has 1 aromatic heterocycles. The van der Waals surface area contributed by atoms with Crippen LogP contribution >= 0.6 is 0 Å². The van der Waals surface area contributed by atoms with Gasteiger partial charge in [0.05, 0.1) is 5.69 Å². The molecule has 4 nitrogen and oxygen atoms in total. The summed E-state index contributed by atoms with van der Waals surface area (Å²) in [6.45, 7) is 3.86. The minimum Gasteiger partial charge on any atom is -0.329 e. The maximum absolute atomic E-state index is 5.90. The van der Waals surface area contributed by atoms with Crippen molar-refractivity contribution in [1.82, 2.24) is 15.1 Å². The number of nitrogens with zero attached hydrogens (tertiary/aromatic N) is 2. The van der Waals surface area contributed by atoms with E-state index in [1.807, 2.05) is 11.7 Å². The highest BCUT2D eigenvalue weighted by molar-refractivity contribution is 5.21. The zero-order valence-corrected chi connectivity index (χ0v) is 11.7. The molecular formula is C14H26N4. The zero-order chi connectivity index (χ0) is 13.0. The first kappa shape index (κ1) is 13.6. The number of hydrogen-bond donors (Lipinski definition) is 2. The Kier molecular flexibility index (Phi) is 4.78. The van der Waals surface area contributed by atoms with Crippen LogP contribution in [0.1, 0.15) is 49.9 Å². The van der Waals surface area contributed by atoms with Gasteiger partial charge in [-0.05, 0) is 25.3 Å². The molecular weight excluding hydrogens is 224 g/mol. The van der Waals surface area contributed by atoms with Crippen LogP contribution in [-0.2, 0) is 13.5 Å². The standard InChI is InChI=1S/C14H26N4/c1-3-13-12(10-18(2)17-13)14(9-15)16-8-7-11-5-4-6-11/h10-11,14,16H,3-9,15H2,1-2H3. The average molecular weight is 250 g/mol. The number of aromatic nitrogens is 2. The lowest BCUT2D eigenvalue weighted by molar-refractivity contribution is 0.287. The van der Waals surface area contributed by atoms with Crippen LogP contribution < -0.4 is 11.1 Å². The molecule has 1 aliphatic rings. The molecule has 0 aliphatic heterocycles. The summed E-state index contributed by atoms with van der Waals surface area (Å²) < 4.78 is 1.89. The molecule has 18 heavy (non-hydrogen) atoms. The van der Waals surface area contributed by atoms with Crippen LogP contribution in [0.15, 0.2) is 6.20 Å². The molecule has 1 aliphatic carbocycles. The highest BCUT2D eigenvalue weighted by Gasteiger charge is 2.19. The minimum absolute atomic E-state index is 0.258. The van der Waals surface area contributed by atoms with E-state index in [1.54, 1.807) is 0 Å². The maximum atomic E-state index is 5.90. The van der Waals surface area contributed by atoms with Gasteiger partial charge in [0, 0.05) is 31.4 Å². The Bertz CT molecular complexity index is 368. The molecule has 1 unspecified atom stereocenters. The third-order valence-corrected chi connectivity index (χ3v) is 4.05. The van der Waals surface area contributed by atoms with Crippen molar-refractivity contribution in [1.29, 1.82) is 0 Å². The predicted octanol–water partition coefficient (Wildman–Crippen LogP) is 1.76. The van der Waals surface area contributed by atoms with E-state index < -0.39 is 0 Å². The van der Waals surface area contributed by atoms with E-state index in [1.165, 1.54) is 36.9 Å². The number of nitrogens with two attached hydrogens (primary N) is 1. The molecule has 4 heteroatoms. The van der Waals surface area contributed by atoms with Crippen molar-refractivity contribution in [2.24, 2.45) is 18.7 Å². The molecule has 1 atom stereocenters. The highest BCUT2D eigenvalue weighted by Crippen LogP contribution is 2.29. The van der Waals surface area contributed by atoms with Crippen LogP contribution in [0.3, 0.4) is 0 Å². The third kappa shape index (κ3) is 3.12. The van der Waals surface area contributed by atoms with Crippen molar-refractivity contribution < 1.29 is 0 Å². The van der Waals surface area contributed by atoms with Gasteiger partial charge >= 0.3 is 0 Å². The Morgan fingerprint density at radius 2 is 2.33 bits per heavy atom. The van der Waals surface area contributed by atoms with Crippen LogP contribution in [0.5, 0.6) is 0 Å². The summed E-state index contributed by atoms with van der Waals surface area (Å²) in [7, 11) is 1.98. The predicted molar refractivity (Wildman–Crippen MR) is 74.3 cm³/mol. The van der Waals surface area contributed by atoms with Gasteiger partial charge in [-0.25, -0.2) is 0 Å². The molecule has 1 saturated carbocycles. The number of hydrogen-bond acceptors (Lipinski definition) is 3. The zero-order valence-electron chi connectivity index (χ0n) is 11.7. The molecule has 0 spiro atoms. The fraction of sp³-hybridized carbons (Fsp3) is 0.786. The van der Waals surface area contributed by atoms with Crippen molar-refractivity contribution in [3.05, 3.63) is 17.5 Å². The van der Waals surface area contributed by atoms with Crippen molar-refractivity contribution in [2.45, 2.75) is 45.1 Å². The second-order valence-corrected chi connectivity index (χ2v) is 5.39. The number of rotatable bonds is 7. The average Bonchev–Trinajstić information content (AvgIpc) is 2.68. The molecule has 1 fully saturated rings. The van der Waals surface area contributed by atoms with Gasteiger partial charge in [-0.3, -0.25) is 4.68 Å². The molecule has 1 aromatic rings. The van der Waals surface area contributed by atoms with Crippen molar-refractivity contribution in [3.8, 4) is 0 Å². The van der Waals surface area contributed by atoms with E-state index in [0.29, 0.717) is 6.54 Å². The second-order valence-electron chi connectivity index (χ2n) is 5.39. The minimum atomic E-state index is 0.258. The van der Waals surface area contributed by atoms with Gasteiger partial charge in [-0.2, -0.15) is 5.10 Å². The van der Waals surface area contributed by atoms with E-state index in [0.717, 1.165) is 18.9 Å². The van der Waals surface area contributed by atoms with Crippen LogP contribution in [0.25, 0.3) is 0 Å². The Hall–Kier alpha value is -0.870. The van der Waals surface area contributed by atoms with Gasteiger partial charge in [0.15, 0.2) is 0 Å². The summed E-state index contributed by atoms with van der Waals surface area (Å²) in [5, 5.41) is 8.08. The lowest BCUT2D eigenvalue weighted by atomic mass is 9.83. The largest absolute Gasteiger partial charge is 0.329 e. The van der Waals surface area contributed by atoms with Gasteiger partial charge in [0.25, 0.3) is 0 Å². The Morgan fingerprint density at radius 1 is 1.56 bits per heavy atom. The van der Waals surface area contributed by atoms with Gasteiger partial charge < -0.3 is 11.1 Å². The molecule has 0 amide bonds. The lowest BCUT2D eigenvalue weighted by Gasteiger charge is -2.26. The van der Waals surface area contributed by atoms with Gasteiger partial charge in [-0.1, -0.05) is 26.2 Å². The van der Waals surface area contributed by atoms with Crippen LogP contribution in [0.4, 0.5) is 0 Å². The number of aryl methyl sites for hydroxylation is 2. The van der Waals surface area contributed by atoms with E-state index in [-0.39, 0.29) is 6.04 Å². The summed E-state index contributed by atoms with van der Waals surface area (Å²) in [4.78, 5) is 0. The fourth-order valence-corrected chi connectivity index (χ4v) is 2.68. The molecule has 0 saturated heterocycles. The Labute approximate surface area is 110 Å². The summed E-state index contributed by atoms with van der Waals surface area (Å²) in [6, 6.07) is 0.258. The quantitative estimate of drug-likeness (QED) is 0.775. The molecule has 3 N–H and O–H groups in total. The van der Waals surface area contributed by atoms with Gasteiger partial charge in [0.2, 0.25) is 0 Å². The molecule has 0 aromatic carbocycles. The normalized spacial score (nSPS) is 17.7. The molecule has 102 valence electrons. The van der Waals surface area contributed by atoms with E-state index >= 15 is 0 Å². The summed E-state index contributed by atoms with van der Waals surface area (Å²) in [5.74, 6) is 0.954. The van der Waals surface area contributed by atoms with Gasteiger partial charge in [0.1, 0.15) is 0 Å². The topological polar surface area (TPSA) is 55.9 Å². The van der Waals surface area contributed by atoms with E-state index in [4.69, 9.17) is 5.73 Å². The Balaban J connectivity index is 1.89. The first-order valence-corrected chi connectivity index (χ1v) is 7.20. The SMILES string of the molecule is CCc1nn(C)cc1C(CN)NCCC1CCC1. The smallest absolute Gasteiger partial charge is 0.0670 e. The van der Waals surface area contributed by atoms with Crippen LogP contribution in [-0.4, -0.2) is 22.9 Å². The maximum Gasteiger partial charge on any atom is 0.0670 e. The molecule has 0 radical (unpaired) electrons. The van der Waals surface area contributed by atoms with Gasteiger partial charge in [-0.15, -0.1) is 0 Å². The van der Waals surface area contributed by atoms with Crippen LogP contribution in [0.2, 0.25) is 0 Å². The third-order valence-electron chi connectivity index (χ3n) is 4.05. The van der Waals surface area contributed by atoms with E-state index in [9.17, 15) is 0 Å². The Morgan fingerprint density at radius 3 is 2.89 bits per heavy atom. The lowest BCUT2D eigenvalue weighted by Crippen LogP contribution is -2.31. The van der Waals surface area contributed by atoms with E-state index in [2.05, 4.69) is 23.5 Å². The van der Waals surface area contributed by atoms with Crippen molar-refractivity contribution in [2.75, 3.05) is 13.1 Å². The van der Waals surface area contributed by atoms with Crippen molar-refractivity contribution in [3.63, 3.8) is 0 Å². The monoisotopic (exact) mass is 250 g/mol. The molecule has 2 rings (SSSR count). The molecule has 1 heterocycles. The summed E-state index contributed by atoms with van der Waals surface area (Å²) >= 11 is 0.